The number of hydrogen-bond acceptors (Lipinski definition) is 3. The monoisotopic (exact) mass is 352 g/mol. The van der Waals surface area contributed by atoms with Crippen LogP contribution < -0.4 is 10.1 Å². The summed E-state index contributed by atoms with van der Waals surface area (Å²) in [5.41, 5.74) is 1.06. The van der Waals surface area contributed by atoms with Crippen LogP contribution in [-0.4, -0.2) is 42.6 Å². The van der Waals surface area contributed by atoms with Gasteiger partial charge < -0.3 is 15.0 Å². The van der Waals surface area contributed by atoms with Crippen molar-refractivity contribution in [1.29, 1.82) is 0 Å². The van der Waals surface area contributed by atoms with Crippen molar-refractivity contribution in [3.63, 3.8) is 0 Å². The SMILES string of the molecule is CC(C)COc1ccc(CC(=O)N2CCC3CCC(C2)N3)cc1.Cl. The normalized spacial score (nSPS) is 22.9. The number of carbonyl (C=O) groups is 1. The van der Waals surface area contributed by atoms with Crippen LogP contribution in [0.25, 0.3) is 0 Å². The van der Waals surface area contributed by atoms with Crippen LogP contribution in [0.2, 0.25) is 0 Å². The van der Waals surface area contributed by atoms with Crippen molar-refractivity contribution in [3.8, 4) is 5.75 Å². The van der Waals surface area contributed by atoms with E-state index in [1.54, 1.807) is 0 Å². The van der Waals surface area contributed by atoms with Gasteiger partial charge in [0.2, 0.25) is 5.91 Å². The number of rotatable bonds is 5. The highest BCUT2D eigenvalue weighted by atomic mass is 35.5. The van der Waals surface area contributed by atoms with Gasteiger partial charge in [0.25, 0.3) is 0 Å². The van der Waals surface area contributed by atoms with Gasteiger partial charge in [-0.05, 0) is 42.9 Å². The van der Waals surface area contributed by atoms with E-state index < -0.39 is 0 Å². The maximum atomic E-state index is 12.6. The summed E-state index contributed by atoms with van der Waals surface area (Å²) >= 11 is 0. The molecule has 2 saturated heterocycles. The van der Waals surface area contributed by atoms with Gasteiger partial charge in [0.15, 0.2) is 0 Å². The van der Waals surface area contributed by atoms with Crippen molar-refractivity contribution in [2.45, 2.75) is 51.6 Å². The predicted octanol–water partition coefficient (Wildman–Crippen LogP) is 3.04. The third-order valence-corrected chi connectivity index (χ3v) is 4.74. The fourth-order valence-corrected chi connectivity index (χ4v) is 3.42. The van der Waals surface area contributed by atoms with E-state index in [4.69, 9.17) is 4.74 Å². The Balaban J connectivity index is 0.00000208. The van der Waals surface area contributed by atoms with Gasteiger partial charge in [-0.1, -0.05) is 26.0 Å². The molecule has 2 fully saturated rings. The lowest BCUT2D eigenvalue weighted by molar-refractivity contribution is -0.130. The van der Waals surface area contributed by atoms with Gasteiger partial charge >= 0.3 is 0 Å². The zero-order valence-corrected chi connectivity index (χ0v) is 15.5. The average molecular weight is 353 g/mol. The van der Waals surface area contributed by atoms with Crippen LogP contribution in [0.4, 0.5) is 0 Å². The molecule has 2 heterocycles. The van der Waals surface area contributed by atoms with Crippen molar-refractivity contribution < 1.29 is 9.53 Å². The second kappa shape index (κ2) is 8.72. The van der Waals surface area contributed by atoms with Crippen LogP contribution >= 0.6 is 12.4 Å². The molecule has 2 bridgehead atoms. The van der Waals surface area contributed by atoms with Crippen LogP contribution in [-0.2, 0) is 11.2 Å². The van der Waals surface area contributed by atoms with E-state index in [2.05, 4.69) is 19.2 Å². The summed E-state index contributed by atoms with van der Waals surface area (Å²) in [6, 6.07) is 9.08. The van der Waals surface area contributed by atoms with Gasteiger partial charge in [-0.15, -0.1) is 12.4 Å². The molecule has 1 amide bonds. The number of benzene rings is 1. The molecule has 2 atom stereocenters. The maximum Gasteiger partial charge on any atom is 0.227 e. The molecule has 3 rings (SSSR count). The van der Waals surface area contributed by atoms with E-state index in [-0.39, 0.29) is 18.3 Å². The van der Waals surface area contributed by atoms with E-state index in [1.807, 2.05) is 29.2 Å². The third-order valence-electron chi connectivity index (χ3n) is 4.74. The van der Waals surface area contributed by atoms with Gasteiger partial charge in [-0.2, -0.15) is 0 Å². The van der Waals surface area contributed by atoms with E-state index in [1.165, 1.54) is 12.8 Å². The molecule has 0 aliphatic carbocycles. The highest BCUT2D eigenvalue weighted by Gasteiger charge is 2.30. The number of amides is 1. The summed E-state index contributed by atoms with van der Waals surface area (Å²) in [5, 5.41) is 3.62. The number of nitrogens with zero attached hydrogens (tertiary/aromatic N) is 1. The zero-order valence-electron chi connectivity index (χ0n) is 14.7. The van der Waals surface area contributed by atoms with E-state index in [0.717, 1.165) is 37.4 Å². The Hall–Kier alpha value is -1.26. The minimum Gasteiger partial charge on any atom is -0.493 e. The minimum absolute atomic E-state index is 0. The minimum atomic E-state index is 0. The lowest BCUT2D eigenvalue weighted by Gasteiger charge is -2.24. The number of likely N-dealkylation sites (tertiary alicyclic amines) is 1. The van der Waals surface area contributed by atoms with Crippen molar-refractivity contribution in [2.75, 3.05) is 19.7 Å². The molecule has 134 valence electrons. The lowest BCUT2D eigenvalue weighted by atomic mass is 10.1. The molecule has 1 aromatic carbocycles. The molecule has 4 nitrogen and oxygen atoms in total. The maximum absolute atomic E-state index is 12.6. The van der Waals surface area contributed by atoms with Crippen LogP contribution in [0, 0.1) is 5.92 Å². The molecule has 0 saturated carbocycles. The number of ether oxygens (including phenoxy) is 1. The van der Waals surface area contributed by atoms with E-state index >= 15 is 0 Å². The van der Waals surface area contributed by atoms with Crippen molar-refractivity contribution in [1.82, 2.24) is 10.2 Å². The van der Waals surface area contributed by atoms with E-state index in [9.17, 15) is 4.79 Å². The third kappa shape index (κ3) is 5.12. The largest absolute Gasteiger partial charge is 0.493 e. The predicted molar refractivity (Wildman–Crippen MR) is 98.9 cm³/mol. The van der Waals surface area contributed by atoms with Gasteiger partial charge in [0.1, 0.15) is 5.75 Å². The molecule has 0 radical (unpaired) electrons. The summed E-state index contributed by atoms with van der Waals surface area (Å²) in [6.45, 7) is 6.75. The fourth-order valence-electron chi connectivity index (χ4n) is 3.42. The van der Waals surface area contributed by atoms with Gasteiger partial charge in [0.05, 0.1) is 13.0 Å². The molecule has 24 heavy (non-hydrogen) atoms. The standard InChI is InChI=1S/C19H28N2O2.ClH/c1-14(2)13-23-18-7-3-15(4-8-18)11-19(22)21-10-9-16-5-6-17(12-21)20-16;/h3-4,7-8,14,16-17,20H,5-6,9-13H2,1-2H3;1H. The van der Waals surface area contributed by atoms with Crippen LogP contribution in [0.15, 0.2) is 24.3 Å². The van der Waals surface area contributed by atoms with Crippen LogP contribution in [0.1, 0.15) is 38.7 Å². The number of carbonyl (C=O) groups excluding carboxylic acids is 1. The topological polar surface area (TPSA) is 41.6 Å². The molecule has 5 heteroatoms. The fraction of sp³-hybridized carbons (Fsp3) is 0.632. The Bertz CT molecular complexity index is 533. The second-order valence-electron chi connectivity index (χ2n) is 7.29. The van der Waals surface area contributed by atoms with Crippen molar-refractivity contribution in [3.05, 3.63) is 29.8 Å². The molecular weight excluding hydrogens is 324 g/mol. The Morgan fingerprint density at radius 3 is 2.62 bits per heavy atom. The van der Waals surface area contributed by atoms with Gasteiger partial charge in [0, 0.05) is 25.2 Å². The summed E-state index contributed by atoms with van der Waals surface area (Å²) in [7, 11) is 0. The molecule has 0 spiro atoms. The zero-order chi connectivity index (χ0) is 16.2. The van der Waals surface area contributed by atoms with Crippen molar-refractivity contribution in [2.24, 2.45) is 5.92 Å². The Morgan fingerprint density at radius 1 is 1.21 bits per heavy atom. The number of fused-ring (bicyclic) bond motifs is 2. The van der Waals surface area contributed by atoms with Crippen molar-refractivity contribution >= 4 is 18.3 Å². The van der Waals surface area contributed by atoms with Gasteiger partial charge in [-0.3, -0.25) is 4.79 Å². The highest BCUT2D eigenvalue weighted by Crippen LogP contribution is 2.21. The first-order valence-corrected chi connectivity index (χ1v) is 8.85. The first kappa shape index (κ1) is 19.1. The molecule has 0 aromatic heterocycles. The molecule has 2 aliphatic rings. The quantitative estimate of drug-likeness (QED) is 0.885. The Morgan fingerprint density at radius 2 is 1.92 bits per heavy atom. The average Bonchev–Trinajstić information content (AvgIpc) is 2.85. The summed E-state index contributed by atoms with van der Waals surface area (Å²) in [6.07, 6.45) is 4.05. The molecule has 2 unspecified atom stereocenters. The highest BCUT2D eigenvalue weighted by molar-refractivity contribution is 5.85. The Labute approximate surface area is 151 Å². The number of hydrogen-bond donors (Lipinski definition) is 1. The van der Waals surface area contributed by atoms with Gasteiger partial charge in [-0.25, -0.2) is 0 Å². The number of nitrogens with one attached hydrogen (secondary N) is 1. The Kier molecular flexibility index (Phi) is 6.93. The molecule has 2 aliphatic heterocycles. The molecule has 1 aromatic rings. The smallest absolute Gasteiger partial charge is 0.227 e. The summed E-state index contributed by atoms with van der Waals surface area (Å²) in [4.78, 5) is 14.6. The molecular formula is C19H29ClN2O2. The second-order valence-corrected chi connectivity index (χ2v) is 7.29. The first-order valence-electron chi connectivity index (χ1n) is 8.85. The summed E-state index contributed by atoms with van der Waals surface area (Å²) < 4.78 is 5.69. The summed E-state index contributed by atoms with van der Waals surface area (Å²) in [5.74, 6) is 1.64. The molecule has 1 N–H and O–H groups in total. The van der Waals surface area contributed by atoms with Crippen LogP contribution in [0.5, 0.6) is 5.75 Å². The first-order chi connectivity index (χ1) is 11.1. The number of halogens is 1. The van der Waals surface area contributed by atoms with Crippen LogP contribution in [0.3, 0.4) is 0 Å². The lowest BCUT2D eigenvalue weighted by Crippen LogP contribution is -2.39. The van der Waals surface area contributed by atoms with E-state index in [0.29, 0.717) is 24.4 Å².